The average molecular weight is 344 g/mol. The molecule has 0 aliphatic heterocycles. The minimum Gasteiger partial charge on any atom is -0.492 e. The molecule has 1 N–H and O–H groups in total. The summed E-state index contributed by atoms with van der Waals surface area (Å²) >= 11 is 2.24. The average Bonchev–Trinajstić information content (AvgIpc) is 2.60. The molecule has 0 amide bonds. The molecule has 0 atom stereocenters. The Morgan fingerprint density at radius 3 is 2.65 bits per heavy atom. The number of nitrogens with one attached hydrogen (secondary N) is 1. The zero-order valence-corrected chi connectivity index (χ0v) is 11.6. The molecule has 5 heteroatoms. The van der Waals surface area contributed by atoms with Crippen molar-refractivity contribution in [2.24, 2.45) is 0 Å². The number of rotatable bonds is 4. The number of H-pyrrole nitrogens is 1. The third kappa shape index (κ3) is 3.36. The van der Waals surface area contributed by atoms with E-state index in [-0.39, 0.29) is 5.56 Å². The van der Waals surface area contributed by atoms with Crippen molar-refractivity contribution in [1.82, 2.24) is 9.78 Å². The Hall–Kier alpha value is -1.24. The van der Waals surface area contributed by atoms with Crippen molar-refractivity contribution in [2.75, 3.05) is 6.61 Å². The molecule has 0 spiro atoms. The molecule has 0 saturated heterocycles. The molecule has 0 radical (unpaired) electrons. The Morgan fingerprint density at radius 2 is 2.06 bits per heavy atom. The smallest absolute Gasteiger partial charge is 0.266 e. The van der Waals surface area contributed by atoms with Crippen LogP contribution in [0.25, 0.3) is 0 Å². The standard InChI is InChI=1S/C12H13IN2O2/c1-9-8-12(16)15(14-9)6-7-17-11-4-2-10(13)3-5-11/h2-5,8,14H,6-7H2,1H3. The normalized spacial score (nSPS) is 10.5. The Morgan fingerprint density at radius 1 is 1.35 bits per heavy atom. The highest BCUT2D eigenvalue weighted by Crippen LogP contribution is 2.13. The molecule has 0 bridgehead atoms. The van der Waals surface area contributed by atoms with Crippen LogP contribution in [0.5, 0.6) is 5.75 Å². The van der Waals surface area contributed by atoms with Crippen LogP contribution in [0.2, 0.25) is 0 Å². The van der Waals surface area contributed by atoms with Gasteiger partial charge in [-0.25, -0.2) is 4.68 Å². The molecule has 0 fully saturated rings. The highest BCUT2D eigenvalue weighted by atomic mass is 127. The van der Waals surface area contributed by atoms with Gasteiger partial charge in [-0.1, -0.05) is 0 Å². The van der Waals surface area contributed by atoms with E-state index in [2.05, 4.69) is 27.7 Å². The lowest BCUT2D eigenvalue weighted by Gasteiger charge is -2.06. The van der Waals surface area contributed by atoms with Crippen molar-refractivity contribution >= 4 is 22.6 Å². The number of aromatic nitrogens is 2. The molecule has 0 aliphatic rings. The summed E-state index contributed by atoms with van der Waals surface area (Å²) in [6.07, 6.45) is 0. The predicted molar refractivity (Wildman–Crippen MR) is 74.4 cm³/mol. The van der Waals surface area contributed by atoms with E-state index in [1.54, 1.807) is 10.7 Å². The van der Waals surface area contributed by atoms with Crippen molar-refractivity contribution in [3.63, 3.8) is 0 Å². The quantitative estimate of drug-likeness (QED) is 0.865. The predicted octanol–water partition coefficient (Wildman–Crippen LogP) is 2.17. The largest absolute Gasteiger partial charge is 0.492 e. The Balaban J connectivity index is 1.89. The molecule has 17 heavy (non-hydrogen) atoms. The van der Waals surface area contributed by atoms with Gasteiger partial charge in [-0.15, -0.1) is 0 Å². The van der Waals surface area contributed by atoms with Gasteiger partial charge in [-0.05, 0) is 53.8 Å². The minimum absolute atomic E-state index is 0.0197. The van der Waals surface area contributed by atoms with Gasteiger partial charge in [-0.3, -0.25) is 9.89 Å². The fourth-order valence-corrected chi connectivity index (χ4v) is 1.87. The summed E-state index contributed by atoms with van der Waals surface area (Å²) in [5.74, 6) is 0.821. The van der Waals surface area contributed by atoms with Gasteiger partial charge in [0.15, 0.2) is 0 Å². The van der Waals surface area contributed by atoms with Gasteiger partial charge >= 0.3 is 0 Å². The Labute approximate surface area is 113 Å². The molecule has 1 heterocycles. The maximum absolute atomic E-state index is 11.4. The van der Waals surface area contributed by atoms with E-state index in [9.17, 15) is 4.79 Å². The van der Waals surface area contributed by atoms with Crippen molar-refractivity contribution in [1.29, 1.82) is 0 Å². The van der Waals surface area contributed by atoms with E-state index in [0.29, 0.717) is 13.2 Å². The van der Waals surface area contributed by atoms with Gasteiger partial charge in [0.1, 0.15) is 12.4 Å². The van der Waals surface area contributed by atoms with Crippen molar-refractivity contribution in [3.05, 3.63) is 49.9 Å². The number of ether oxygens (including phenoxy) is 1. The van der Waals surface area contributed by atoms with Crippen molar-refractivity contribution < 1.29 is 4.74 Å². The first kappa shape index (κ1) is 12.2. The summed E-state index contributed by atoms with van der Waals surface area (Å²) in [6, 6.07) is 9.39. The van der Waals surface area contributed by atoms with Crippen LogP contribution in [-0.4, -0.2) is 16.4 Å². The molecule has 0 saturated carbocycles. The second-order valence-electron chi connectivity index (χ2n) is 3.73. The molecule has 1 aromatic heterocycles. The first-order valence-electron chi connectivity index (χ1n) is 5.30. The van der Waals surface area contributed by atoms with Crippen LogP contribution >= 0.6 is 22.6 Å². The number of aryl methyl sites for hydroxylation is 1. The van der Waals surface area contributed by atoms with Crippen LogP contribution < -0.4 is 10.3 Å². The molecular formula is C12H13IN2O2. The Kier molecular flexibility index (Phi) is 3.88. The third-order valence-electron chi connectivity index (χ3n) is 2.31. The van der Waals surface area contributed by atoms with Crippen LogP contribution in [0.3, 0.4) is 0 Å². The number of halogens is 1. The zero-order valence-electron chi connectivity index (χ0n) is 9.44. The van der Waals surface area contributed by atoms with Crippen molar-refractivity contribution in [2.45, 2.75) is 13.5 Å². The lowest BCUT2D eigenvalue weighted by Crippen LogP contribution is -2.20. The number of aromatic amines is 1. The molecule has 1 aromatic carbocycles. The molecule has 4 nitrogen and oxygen atoms in total. The number of hydrogen-bond acceptors (Lipinski definition) is 2. The lowest BCUT2D eigenvalue weighted by molar-refractivity contribution is 0.289. The van der Waals surface area contributed by atoms with E-state index in [1.807, 2.05) is 31.2 Å². The molecule has 2 rings (SSSR count). The SMILES string of the molecule is Cc1cc(=O)n(CCOc2ccc(I)cc2)[nH]1. The molecule has 0 unspecified atom stereocenters. The molecule has 90 valence electrons. The second-order valence-corrected chi connectivity index (χ2v) is 4.98. The fraction of sp³-hybridized carbons (Fsp3) is 0.250. The summed E-state index contributed by atoms with van der Waals surface area (Å²) in [5, 5.41) is 2.96. The maximum Gasteiger partial charge on any atom is 0.266 e. The van der Waals surface area contributed by atoms with E-state index in [1.165, 1.54) is 3.57 Å². The van der Waals surface area contributed by atoms with Gasteiger partial charge in [0.25, 0.3) is 5.56 Å². The van der Waals surface area contributed by atoms with Crippen molar-refractivity contribution in [3.8, 4) is 5.75 Å². The van der Waals surface area contributed by atoms with Crippen LogP contribution in [0.1, 0.15) is 5.69 Å². The maximum atomic E-state index is 11.4. The third-order valence-corrected chi connectivity index (χ3v) is 3.03. The number of hydrogen-bond donors (Lipinski definition) is 1. The summed E-state index contributed by atoms with van der Waals surface area (Å²) in [6.45, 7) is 2.86. The van der Waals surface area contributed by atoms with Crippen LogP contribution in [0.4, 0.5) is 0 Å². The first-order chi connectivity index (χ1) is 8.15. The van der Waals surface area contributed by atoms with Crippen LogP contribution in [-0.2, 0) is 6.54 Å². The molecule has 2 aromatic rings. The molecule has 0 aliphatic carbocycles. The second kappa shape index (κ2) is 5.39. The fourth-order valence-electron chi connectivity index (χ4n) is 1.52. The van der Waals surface area contributed by atoms with Gasteiger partial charge in [0.05, 0.1) is 6.54 Å². The summed E-state index contributed by atoms with van der Waals surface area (Å²) in [5.41, 5.74) is 0.845. The first-order valence-corrected chi connectivity index (χ1v) is 6.38. The van der Waals surface area contributed by atoms with E-state index in [0.717, 1.165) is 11.4 Å². The highest BCUT2D eigenvalue weighted by Gasteiger charge is 1.99. The number of nitrogens with zero attached hydrogens (tertiary/aromatic N) is 1. The van der Waals surface area contributed by atoms with E-state index < -0.39 is 0 Å². The zero-order chi connectivity index (χ0) is 12.3. The summed E-state index contributed by atoms with van der Waals surface area (Å²) < 4.78 is 8.26. The molecular weight excluding hydrogens is 331 g/mol. The van der Waals surface area contributed by atoms with Gasteiger partial charge < -0.3 is 4.74 Å². The van der Waals surface area contributed by atoms with E-state index in [4.69, 9.17) is 4.74 Å². The topological polar surface area (TPSA) is 47.0 Å². The summed E-state index contributed by atoms with van der Waals surface area (Å²) in [4.78, 5) is 11.4. The minimum atomic E-state index is -0.0197. The van der Waals surface area contributed by atoms with Gasteiger partial charge in [0, 0.05) is 15.3 Å². The monoisotopic (exact) mass is 344 g/mol. The van der Waals surface area contributed by atoms with Crippen LogP contribution in [0.15, 0.2) is 35.1 Å². The van der Waals surface area contributed by atoms with Crippen LogP contribution in [0, 0.1) is 10.5 Å². The van der Waals surface area contributed by atoms with Gasteiger partial charge in [0.2, 0.25) is 0 Å². The number of benzene rings is 1. The summed E-state index contributed by atoms with van der Waals surface area (Å²) in [7, 11) is 0. The van der Waals surface area contributed by atoms with Gasteiger partial charge in [-0.2, -0.15) is 0 Å². The van der Waals surface area contributed by atoms with E-state index >= 15 is 0 Å². The Bertz CT molecular complexity index is 542. The highest BCUT2D eigenvalue weighted by molar-refractivity contribution is 14.1. The lowest BCUT2D eigenvalue weighted by atomic mass is 10.3.